The van der Waals surface area contributed by atoms with Crippen LogP contribution in [-0.2, 0) is 13.0 Å². The zero-order valence-corrected chi connectivity index (χ0v) is 10.5. The number of aromatic nitrogens is 2. The Morgan fingerprint density at radius 2 is 1.95 bits per heavy atom. The van der Waals surface area contributed by atoms with E-state index in [1.165, 1.54) is 11.1 Å². The van der Waals surface area contributed by atoms with Crippen molar-refractivity contribution < 1.29 is 4.79 Å². The van der Waals surface area contributed by atoms with Gasteiger partial charge in [-0.25, -0.2) is 0 Å². The van der Waals surface area contributed by atoms with E-state index in [4.69, 9.17) is 0 Å². The second-order valence-corrected chi connectivity index (χ2v) is 4.55. The number of hydrogen-bond acceptors (Lipinski definition) is 2. The SMILES string of the molecule is O=Cc1ccc2c(ccn2CCc2ccncc2)c1. The minimum absolute atomic E-state index is 0.722. The monoisotopic (exact) mass is 250 g/mol. The van der Waals surface area contributed by atoms with E-state index in [0.717, 1.165) is 30.2 Å². The Bertz CT molecular complexity index is 701. The Hall–Kier alpha value is -2.42. The van der Waals surface area contributed by atoms with Crippen molar-refractivity contribution in [2.24, 2.45) is 0 Å². The first-order valence-corrected chi connectivity index (χ1v) is 6.30. The molecule has 0 amide bonds. The summed E-state index contributed by atoms with van der Waals surface area (Å²) in [4.78, 5) is 14.8. The molecule has 0 aliphatic heterocycles. The Kier molecular flexibility index (Phi) is 3.11. The van der Waals surface area contributed by atoms with E-state index in [-0.39, 0.29) is 0 Å². The number of aryl methyl sites for hydroxylation is 2. The molecule has 0 fully saturated rings. The highest BCUT2D eigenvalue weighted by Crippen LogP contribution is 2.17. The first kappa shape index (κ1) is 11.7. The van der Waals surface area contributed by atoms with Gasteiger partial charge in [-0.1, -0.05) is 0 Å². The summed E-state index contributed by atoms with van der Waals surface area (Å²) in [6, 6.07) is 11.9. The minimum atomic E-state index is 0.722. The maximum atomic E-state index is 10.8. The molecule has 0 N–H and O–H groups in total. The van der Waals surface area contributed by atoms with E-state index in [2.05, 4.69) is 21.8 Å². The molecule has 0 aliphatic rings. The highest BCUT2D eigenvalue weighted by Gasteiger charge is 2.02. The van der Waals surface area contributed by atoms with Gasteiger partial charge < -0.3 is 4.57 Å². The predicted molar refractivity (Wildman–Crippen MR) is 75.3 cm³/mol. The number of carbonyl (C=O) groups is 1. The molecule has 3 rings (SSSR count). The summed E-state index contributed by atoms with van der Waals surface area (Å²) >= 11 is 0. The molecule has 0 aliphatic carbocycles. The van der Waals surface area contributed by atoms with Crippen LogP contribution in [0.2, 0.25) is 0 Å². The van der Waals surface area contributed by atoms with Crippen LogP contribution in [0.15, 0.2) is 55.0 Å². The molecule has 3 aromatic rings. The van der Waals surface area contributed by atoms with E-state index in [1.54, 1.807) is 0 Å². The average molecular weight is 250 g/mol. The summed E-state index contributed by atoms with van der Waals surface area (Å²) in [6.07, 6.45) is 7.56. The molecule has 0 saturated heterocycles. The highest BCUT2D eigenvalue weighted by atomic mass is 16.1. The van der Waals surface area contributed by atoms with Gasteiger partial charge >= 0.3 is 0 Å². The van der Waals surface area contributed by atoms with Crippen LogP contribution in [0.1, 0.15) is 15.9 Å². The lowest BCUT2D eigenvalue weighted by molar-refractivity contribution is 0.112. The maximum absolute atomic E-state index is 10.8. The molecule has 19 heavy (non-hydrogen) atoms. The van der Waals surface area contributed by atoms with Crippen molar-refractivity contribution in [3.8, 4) is 0 Å². The third-order valence-electron chi connectivity index (χ3n) is 3.32. The number of rotatable bonds is 4. The summed E-state index contributed by atoms with van der Waals surface area (Å²) in [7, 11) is 0. The van der Waals surface area contributed by atoms with Gasteiger partial charge in [-0.15, -0.1) is 0 Å². The van der Waals surface area contributed by atoms with Gasteiger partial charge in [-0.2, -0.15) is 0 Å². The fourth-order valence-corrected chi connectivity index (χ4v) is 2.29. The number of aldehydes is 1. The molecule has 3 heteroatoms. The van der Waals surface area contributed by atoms with Crippen molar-refractivity contribution >= 4 is 17.2 Å². The van der Waals surface area contributed by atoms with Crippen LogP contribution in [0.25, 0.3) is 10.9 Å². The van der Waals surface area contributed by atoms with Crippen LogP contribution < -0.4 is 0 Å². The first-order valence-electron chi connectivity index (χ1n) is 6.30. The number of carbonyl (C=O) groups excluding carboxylic acids is 1. The van der Waals surface area contributed by atoms with Crippen LogP contribution >= 0.6 is 0 Å². The van der Waals surface area contributed by atoms with E-state index < -0.39 is 0 Å². The van der Waals surface area contributed by atoms with Crippen molar-refractivity contribution in [1.29, 1.82) is 0 Å². The molecule has 0 bridgehead atoms. The molecule has 0 radical (unpaired) electrons. The van der Waals surface area contributed by atoms with Gasteiger partial charge in [0, 0.05) is 41.6 Å². The van der Waals surface area contributed by atoms with Gasteiger partial charge in [0.15, 0.2) is 0 Å². The summed E-state index contributed by atoms with van der Waals surface area (Å²) in [5, 5.41) is 1.11. The Labute approximate surface area is 111 Å². The molecule has 2 aromatic heterocycles. The molecule has 0 saturated carbocycles. The van der Waals surface area contributed by atoms with Crippen molar-refractivity contribution in [1.82, 2.24) is 9.55 Å². The van der Waals surface area contributed by atoms with E-state index >= 15 is 0 Å². The third kappa shape index (κ3) is 2.40. The topological polar surface area (TPSA) is 34.9 Å². The highest BCUT2D eigenvalue weighted by molar-refractivity contribution is 5.87. The zero-order valence-electron chi connectivity index (χ0n) is 10.5. The molecule has 0 atom stereocenters. The van der Waals surface area contributed by atoms with E-state index in [1.807, 2.05) is 42.7 Å². The third-order valence-corrected chi connectivity index (χ3v) is 3.32. The average Bonchev–Trinajstić information content (AvgIpc) is 2.88. The second kappa shape index (κ2) is 5.06. The normalized spacial score (nSPS) is 10.7. The lowest BCUT2D eigenvalue weighted by Gasteiger charge is -2.05. The number of nitrogens with zero attached hydrogens (tertiary/aromatic N) is 2. The van der Waals surface area contributed by atoms with Crippen LogP contribution in [0.5, 0.6) is 0 Å². The molecule has 94 valence electrons. The second-order valence-electron chi connectivity index (χ2n) is 4.55. The molecule has 2 heterocycles. The summed E-state index contributed by atoms with van der Waals surface area (Å²) in [6.45, 7) is 0.925. The number of benzene rings is 1. The quantitative estimate of drug-likeness (QED) is 0.667. The van der Waals surface area contributed by atoms with Gasteiger partial charge in [-0.05, 0) is 48.4 Å². The Morgan fingerprint density at radius 3 is 2.74 bits per heavy atom. The van der Waals surface area contributed by atoms with Crippen LogP contribution in [0.3, 0.4) is 0 Å². The number of pyridine rings is 1. The van der Waals surface area contributed by atoms with Crippen LogP contribution in [-0.4, -0.2) is 15.8 Å². The number of hydrogen-bond donors (Lipinski definition) is 0. The minimum Gasteiger partial charge on any atom is -0.347 e. The lowest BCUT2D eigenvalue weighted by atomic mass is 10.1. The van der Waals surface area contributed by atoms with Gasteiger partial charge in [0.1, 0.15) is 6.29 Å². The maximum Gasteiger partial charge on any atom is 0.150 e. The van der Waals surface area contributed by atoms with Gasteiger partial charge in [0.25, 0.3) is 0 Å². The lowest BCUT2D eigenvalue weighted by Crippen LogP contribution is -1.99. The summed E-state index contributed by atoms with van der Waals surface area (Å²) < 4.78 is 2.21. The van der Waals surface area contributed by atoms with Gasteiger partial charge in [0.05, 0.1) is 0 Å². The largest absolute Gasteiger partial charge is 0.347 e. The van der Waals surface area contributed by atoms with E-state index in [9.17, 15) is 4.79 Å². The van der Waals surface area contributed by atoms with Crippen molar-refractivity contribution in [3.63, 3.8) is 0 Å². The zero-order chi connectivity index (χ0) is 13.1. The van der Waals surface area contributed by atoms with Gasteiger partial charge in [-0.3, -0.25) is 9.78 Å². The first-order chi connectivity index (χ1) is 9.36. The molecule has 0 spiro atoms. The van der Waals surface area contributed by atoms with Crippen molar-refractivity contribution in [3.05, 3.63) is 66.1 Å². The molecular weight excluding hydrogens is 236 g/mol. The fourth-order valence-electron chi connectivity index (χ4n) is 2.29. The van der Waals surface area contributed by atoms with Crippen LogP contribution in [0, 0.1) is 0 Å². The summed E-state index contributed by atoms with van der Waals surface area (Å²) in [5.74, 6) is 0. The van der Waals surface area contributed by atoms with Gasteiger partial charge in [0.2, 0.25) is 0 Å². The van der Waals surface area contributed by atoms with E-state index in [0.29, 0.717) is 0 Å². The molecule has 3 nitrogen and oxygen atoms in total. The van der Waals surface area contributed by atoms with Crippen molar-refractivity contribution in [2.75, 3.05) is 0 Å². The fraction of sp³-hybridized carbons (Fsp3) is 0.125. The standard InChI is InChI=1S/C16H14N2O/c19-12-14-1-2-16-15(11-14)6-10-18(16)9-5-13-3-7-17-8-4-13/h1-4,6-8,10-12H,5,9H2. The Morgan fingerprint density at radius 1 is 1.11 bits per heavy atom. The molecule has 0 unspecified atom stereocenters. The van der Waals surface area contributed by atoms with Crippen LogP contribution in [0.4, 0.5) is 0 Å². The number of fused-ring (bicyclic) bond motifs is 1. The smallest absolute Gasteiger partial charge is 0.150 e. The Balaban J connectivity index is 1.83. The molecular formula is C16H14N2O. The molecule has 1 aromatic carbocycles. The van der Waals surface area contributed by atoms with Crippen molar-refractivity contribution in [2.45, 2.75) is 13.0 Å². The summed E-state index contributed by atoms with van der Waals surface area (Å²) in [5.41, 5.74) is 3.17. The predicted octanol–water partition coefficient (Wildman–Crippen LogP) is 3.09.